The number of sulfonamides is 1. The highest BCUT2D eigenvalue weighted by Crippen LogP contribution is 2.22. The van der Waals surface area contributed by atoms with Crippen molar-refractivity contribution in [1.82, 2.24) is 9.21 Å². The van der Waals surface area contributed by atoms with E-state index in [4.69, 9.17) is 10.8 Å². The molecule has 7 nitrogen and oxygen atoms in total. The van der Waals surface area contributed by atoms with Crippen molar-refractivity contribution in [2.24, 2.45) is 5.73 Å². The zero-order chi connectivity index (χ0) is 14.8. The number of rotatable bonds is 5. The third-order valence-corrected chi connectivity index (χ3v) is 6.02. The van der Waals surface area contributed by atoms with E-state index in [-0.39, 0.29) is 24.3 Å². The average Bonchev–Trinajstić information content (AvgIpc) is 2.88. The zero-order valence-electron chi connectivity index (χ0n) is 11.6. The predicted octanol–water partition coefficient (Wildman–Crippen LogP) is -0.712. The largest absolute Gasteiger partial charge is 0.481 e. The number of likely N-dealkylation sites (tertiary alicyclic amines) is 1. The van der Waals surface area contributed by atoms with Gasteiger partial charge in [-0.2, -0.15) is 0 Å². The molecule has 0 amide bonds. The molecule has 2 saturated heterocycles. The monoisotopic (exact) mass is 305 g/mol. The van der Waals surface area contributed by atoms with Crippen LogP contribution >= 0.6 is 0 Å². The normalized spacial score (nSPS) is 26.9. The van der Waals surface area contributed by atoms with Gasteiger partial charge in [0.2, 0.25) is 10.0 Å². The lowest BCUT2D eigenvalue weighted by Crippen LogP contribution is -2.46. The van der Waals surface area contributed by atoms with Crippen LogP contribution in [0.4, 0.5) is 0 Å². The molecule has 20 heavy (non-hydrogen) atoms. The summed E-state index contributed by atoms with van der Waals surface area (Å²) in [7, 11) is -3.44. The molecule has 0 aromatic heterocycles. The van der Waals surface area contributed by atoms with E-state index in [0.29, 0.717) is 13.1 Å². The molecule has 0 spiro atoms. The highest BCUT2D eigenvalue weighted by Gasteiger charge is 2.35. The van der Waals surface area contributed by atoms with Crippen molar-refractivity contribution in [2.75, 3.05) is 31.9 Å². The van der Waals surface area contributed by atoms with Crippen LogP contribution in [0.15, 0.2) is 0 Å². The Morgan fingerprint density at radius 3 is 2.45 bits per heavy atom. The fraction of sp³-hybridized carbons (Fsp3) is 0.917. The average molecular weight is 305 g/mol. The van der Waals surface area contributed by atoms with Crippen molar-refractivity contribution in [3.05, 3.63) is 0 Å². The first-order chi connectivity index (χ1) is 9.38. The molecule has 2 fully saturated rings. The van der Waals surface area contributed by atoms with E-state index in [0.717, 1.165) is 32.4 Å². The molecule has 0 aliphatic carbocycles. The summed E-state index contributed by atoms with van der Waals surface area (Å²) >= 11 is 0. The molecule has 2 heterocycles. The summed E-state index contributed by atoms with van der Waals surface area (Å²) in [6.45, 7) is 2.83. The highest BCUT2D eigenvalue weighted by molar-refractivity contribution is 7.89. The molecular weight excluding hydrogens is 282 g/mol. The van der Waals surface area contributed by atoms with E-state index in [1.54, 1.807) is 0 Å². The van der Waals surface area contributed by atoms with Crippen LogP contribution in [0.1, 0.15) is 25.7 Å². The molecule has 1 unspecified atom stereocenters. The van der Waals surface area contributed by atoms with Gasteiger partial charge >= 0.3 is 5.97 Å². The summed E-state index contributed by atoms with van der Waals surface area (Å²) in [4.78, 5) is 12.8. The van der Waals surface area contributed by atoms with Gasteiger partial charge in [0.15, 0.2) is 0 Å². The van der Waals surface area contributed by atoms with E-state index in [2.05, 4.69) is 4.90 Å². The summed E-state index contributed by atoms with van der Waals surface area (Å²) in [5, 5.41) is 8.60. The minimum Gasteiger partial charge on any atom is -0.481 e. The molecular formula is C12H23N3O4S. The molecule has 0 aromatic carbocycles. The lowest BCUT2D eigenvalue weighted by atomic mass is 10.0. The van der Waals surface area contributed by atoms with Gasteiger partial charge in [0, 0.05) is 25.2 Å². The summed E-state index contributed by atoms with van der Waals surface area (Å²) in [6, 6.07) is 0.519. The summed E-state index contributed by atoms with van der Waals surface area (Å²) in [6.07, 6.45) is 2.41. The Hall–Kier alpha value is -0.700. The SMILES string of the molecule is NC1CCN(C2CCN(S(=O)(=O)CCC(=O)O)C2)CC1. The number of nitrogens with zero attached hydrogens (tertiary/aromatic N) is 2. The van der Waals surface area contributed by atoms with Crippen LogP contribution in [-0.4, -0.2) is 72.7 Å². The molecule has 1 atom stereocenters. The molecule has 0 bridgehead atoms. The van der Waals surface area contributed by atoms with Gasteiger partial charge in [0.1, 0.15) is 0 Å². The van der Waals surface area contributed by atoms with E-state index in [9.17, 15) is 13.2 Å². The van der Waals surface area contributed by atoms with Crippen molar-refractivity contribution in [1.29, 1.82) is 0 Å². The number of carboxylic acids is 1. The fourth-order valence-electron chi connectivity index (χ4n) is 2.89. The molecule has 116 valence electrons. The van der Waals surface area contributed by atoms with Gasteiger partial charge < -0.3 is 10.8 Å². The Bertz CT molecular complexity index is 446. The van der Waals surface area contributed by atoms with Gasteiger partial charge in [0.25, 0.3) is 0 Å². The number of carboxylic acid groups (broad SMARTS) is 1. The maximum absolute atomic E-state index is 12.0. The van der Waals surface area contributed by atoms with Crippen LogP contribution in [0.5, 0.6) is 0 Å². The summed E-state index contributed by atoms with van der Waals surface area (Å²) in [5.41, 5.74) is 5.87. The van der Waals surface area contributed by atoms with Crippen molar-refractivity contribution >= 4 is 16.0 Å². The lowest BCUT2D eigenvalue weighted by molar-refractivity contribution is -0.136. The lowest BCUT2D eigenvalue weighted by Gasteiger charge is -2.34. The number of piperidine rings is 1. The van der Waals surface area contributed by atoms with Crippen LogP contribution in [0, 0.1) is 0 Å². The smallest absolute Gasteiger partial charge is 0.304 e. The van der Waals surface area contributed by atoms with E-state index in [1.165, 1.54) is 4.31 Å². The Labute approximate surface area is 119 Å². The van der Waals surface area contributed by atoms with Crippen LogP contribution in [-0.2, 0) is 14.8 Å². The minimum absolute atomic E-state index is 0.252. The van der Waals surface area contributed by atoms with Crippen LogP contribution in [0.3, 0.4) is 0 Å². The van der Waals surface area contributed by atoms with Gasteiger partial charge in [-0.05, 0) is 32.4 Å². The standard InChI is InChI=1S/C12H23N3O4S/c13-10-1-5-14(6-2-10)11-3-7-15(9-11)20(18,19)8-4-12(16)17/h10-11H,1-9,13H2,(H,16,17). The molecule has 2 rings (SSSR count). The second-order valence-corrected chi connectivity index (χ2v) is 7.72. The van der Waals surface area contributed by atoms with Crippen LogP contribution < -0.4 is 5.73 Å². The predicted molar refractivity (Wildman–Crippen MR) is 74.8 cm³/mol. The first kappa shape index (κ1) is 15.7. The van der Waals surface area contributed by atoms with Crippen LogP contribution in [0.2, 0.25) is 0 Å². The van der Waals surface area contributed by atoms with Crippen molar-refractivity contribution in [2.45, 2.75) is 37.8 Å². The summed E-state index contributed by atoms with van der Waals surface area (Å²) in [5.74, 6) is -1.38. The molecule has 0 radical (unpaired) electrons. The molecule has 0 aromatic rings. The molecule has 0 saturated carbocycles. The molecule has 2 aliphatic rings. The number of hydrogen-bond donors (Lipinski definition) is 2. The topological polar surface area (TPSA) is 104 Å². The van der Waals surface area contributed by atoms with Gasteiger partial charge in [-0.25, -0.2) is 12.7 Å². The summed E-state index contributed by atoms with van der Waals surface area (Å²) < 4.78 is 25.5. The van der Waals surface area contributed by atoms with Gasteiger partial charge in [0.05, 0.1) is 12.2 Å². The van der Waals surface area contributed by atoms with E-state index in [1.807, 2.05) is 0 Å². The van der Waals surface area contributed by atoms with E-state index < -0.39 is 16.0 Å². The number of nitrogens with two attached hydrogens (primary N) is 1. The second-order valence-electron chi connectivity index (χ2n) is 5.63. The molecule has 3 N–H and O–H groups in total. The van der Waals surface area contributed by atoms with Crippen LogP contribution in [0.25, 0.3) is 0 Å². The zero-order valence-corrected chi connectivity index (χ0v) is 12.4. The van der Waals surface area contributed by atoms with Crippen molar-refractivity contribution in [3.8, 4) is 0 Å². The maximum atomic E-state index is 12.0. The molecule has 2 aliphatic heterocycles. The quantitative estimate of drug-likeness (QED) is 0.695. The van der Waals surface area contributed by atoms with E-state index >= 15 is 0 Å². The maximum Gasteiger partial charge on any atom is 0.304 e. The fourth-order valence-corrected chi connectivity index (χ4v) is 4.36. The Morgan fingerprint density at radius 2 is 1.85 bits per heavy atom. The number of hydrogen-bond acceptors (Lipinski definition) is 5. The third kappa shape index (κ3) is 3.91. The van der Waals surface area contributed by atoms with Gasteiger partial charge in [-0.1, -0.05) is 0 Å². The Kier molecular flexibility index (Phi) is 5.00. The number of carbonyl (C=O) groups is 1. The number of aliphatic carboxylic acids is 1. The Balaban J connectivity index is 1.87. The highest BCUT2D eigenvalue weighted by atomic mass is 32.2. The van der Waals surface area contributed by atoms with Crippen molar-refractivity contribution in [3.63, 3.8) is 0 Å². The third-order valence-electron chi connectivity index (χ3n) is 4.18. The Morgan fingerprint density at radius 1 is 1.20 bits per heavy atom. The second kappa shape index (κ2) is 6.38. The van der Waals surface area contributed by atoms with Gasteiger partial charge in [-0.3, -0.25) is 9.69 Å². The molecule has 8 heteroatoms. The minimum atomic E-state index is -3.44. The first-order valence-corrected chi connectivity index (χ1v) is 8.68. The van der Waals surface area contributed by atoms with Gasteiger partial charge in [-0.15, -0.1) is 0 Å². The first-order valence-electron chi connectivity index (χ1n) is 7.08. The van der Waals surface area contributed by atoms with Crippen molar-refractivity contribution < 1.29 is 18.3 Å².